The van der Waals surface area contributed by atoms with E-state index in [9.17, 15) is 4.79 Å². The molecule has 0 aromatic heterocycles. The summed E-state index contributed by atoms with van der Waals surface area (Å²) >= 11 is 0. The maximum atomic E-state index is 12.3. The Morgan fingerprint density at radius 2 is 2.06 bits per heavy atom. The molecule has 0 N–H and O–H groups in total. The molecule has 4 nitrogen and oxygen atoms in total. The molecule has 2 aliphatic rings. The zero-order valence-electron chi connectivity index (χ0n) is 11.0. The van der Waals surface area contributed by atoms with E-state index >= 15 is 0 Å². The topological polar surface area (TPSA) is 32.8 Å². The van der Waals surface area contributed by atoms with E-state index in [1.54, 1.807) is 7.11 Å². The third-order valence-corrected chi connectivity index (χ3v) is 3.95. The van der Waals surface area contributed by atoms with Crippen LogP contribution in [-0.2, 0) is 9.53 Å². The smallest absolute Gasteiger partial charge is 0.239 e. The standard InChI is InChI=1S/C13H24N2O2/c1-11-6-3-4-8-15(13(11)16)14-9-5-7-12(14)10-17-2/h11-12H,3-10H2,1-2H3/t11-,12-/m0/s1. The fourth-order valence-corrected chi connectivity index (χ4v) is 2.96. The summed E-state index contributed by atoms with van der Waals surface area (Å²) in [6.07, 6.45) is 5.66. The van der Waals surface area contributed by atoms with Crippen LogP contribution in [0.4, 0.5) is 0 Å². The van der Waals surface area contributed by atoms with Crippen LogP contribution in [0.15, 0.2) is 0 Å². The molecule has 1 amide bonds. The highest BCUT2D eigenvalue weighted by Gasteiger charge is 2.34. The van der Waals surface area contributed by atoms with E-state index in [0.29, 0.717) is 11.9 Å². The van der Waals surface area contributed by atoms with E-state index in [1.807, 2.05) is 5.01 Å². The average molecular weight is 240 g/mol. The Bertz CT molecular complexity index is 270. The van der Waals surface area contributed by atoms with Gasteiger partial charge in [0, 0.05) is 26.1 Å². The van der Waals surface area contributed by atoms with Crippen LogP contribution in [0.3, 0.4) is 0 Å². The van der Waals surface area contributed by atoms with Crippen LogP contribution in [0.1, 0.15) is 39.0 Å². The van der Waals surface area contributed by atoms with Gasteiger partial charge < -0.3 is 4.74 Å². The van der Waals surface area contributed by atoms with Crippen molar-refractivity contribution in [2.75, 3.05) is 26.8 Å². The van der Waals surface area contributed by atoms with E-state index in [1.165, 1.54) is 12.8 Å². The van der Waals surface area contributed by atoms with Gasteiger partial charge in [0.25, 0.3) is 0 Å². The first-order valence-electron chi connectivity index (χ1n) is 6.81. The Balaban J connectivity index is 2.05. The number of hydrogen-bond acceptors (Lipinski definition) is 3. The zero-order valence-corrected chi connectivity index (χ0v) is 11.0. The molecule has 4 heteroatoms. The Morgan fingerprint density at radius 3 is 2.82 bits per heavy atom. The SMILES string of the molecule is COC[C@@H]1CCCN1N1CCCC[C@H](C)C1=O. The Hall–Kier alpha value is -0.610. The molecular formula is C13H24N2O2. The van der Waals surface area contributed by atoms with Crippen LogP contribution in [0.25, 0.3) is 0 Å². The maximum Gasteiger partial charge on any atom is 0.239 e. The Kier molecular flexibility index (Phi) is 4.40. The Morgan fingerprint density at radius 1 is 1.24 bits per heavy atom. The molecule has 0 aromatic rings. The quantitative estimate of drug-likeness (QED) is 0.752. The van der Waals surface area contributed by atoms with Gasteiger partial charge in [0.15, 0.2) is 0 Å². The van der Waals surface area contributed by atoms with Crippen molar-refractivity contribution >= 4 is 5.91 Å². The molecule has 0 bridgehead atoms. The van der Waals surface area contributed by atoms with E-state index in [-0.39, 0.29) is 5.92 Å². The largest absolute Gasteiger partial charge is 0.383 e. The molecule has 0 aliphatic carbocycles. The minimum atomic E-state index is 0.182. The monoisotopic (exact) mass is 240 g/mol. The van der Waals surface area contributed by atoms with E-state index in [2.05, 4.69) is 11.9 Å². The molecule has 0 radical (unpaired) electrons. The normalized spacial score (nSPS) is 31.9. The molecule has 2 heterocycles. The summed E-state index contributed by atoms with van der Waals surface area (Å²) in [5.41, 5.74) is 0. The van der Waals surface area contributed by atoms with E-state index in [0.717, 1.165) is 39.0 Å². The number of methoxy groups -OCH3 is 1. The highest BCUT2D eigenvalue weighted by Crippen LogP contribution is 2.25. The molecule has 0 unspecified atom stereocenters. The maximum absolute atomic E-state index is 12.3. The first kappa shape index (κ1) is 12.8. The molecule has 0 aromatic carbocycles. The van der Waals surface area contributed by atoms with Gasteiger partial charge in [0.1, 0.15) is 0 Å². The van der Waals surface area contributed by atoms with Crippen LogP contribution in [-0.4, -0.2) is 48.8 Å². The number of ether oxygens (including phenoxy) is 1. The van der Waals surface area contributed by atoms with Gasteiger partial charge in [0.05, 0.1) is 12.6 Å². The minimum Gasteiger partial charge on any atom is -0.383 e. The number of hydrazine groups is 1. The van der Waals surface area contributed by atoms with E-state index in [4.69, 9.17) is 4.74 Å². The summed E-state index contributed by atoms with van der Waals surface area (Å²) in [6, 6.07) is 0.397. The van der Waals surface area contributed by atoms with Gasteiger partial charge >= 0.3 is 0 Å². The van der Waals surface area contributed by atoms with Crippen molar-refractivity contribution in [2.45, 2.75) is 45.1 Å². The Labute approximate surface area is 104 Å². The zero-order chi connectivity index (χ0) is 12.3. The second-order valence-electron chi connectivity index (χ2n) is 5.27. The van der Waals surface area contributed by atoms with Crippen molar-refractivity contribution in [1.29, 1.82) is 0 Å². The molecule has 98 valence electrons. The van der Waals surface area contributed by atoms with Crippen LogP contribution in [0, 0.1) is 5.92 Å². The number of amides is 1. The second kappa shape index (κ2) is 5.83. The van der Waals surface area contributed by atoms with Gasteiger partial charge in [-0.1, -0.05) is 13.3 Å². The van der Waals surface area contributed by atoms with Crippen LogP contribution in [0.5, 0.6) is 0 Å². The third-order valence-electron chi connectivity index (χ3n) is 3.95. The first-order chi connectivity index (χ1) is 8.24. The van der Waals surface area contributed by atoms with Gasteiger partial charge in [-0.15, -0.1) is 0 Å². The highest BCUT2D eigenvalue weighted by molar-refractivity contribution is 5.78. The van der Waals surface area contributed by atoms with Gasteiger partial charge in [-0.3, -0.25) is 9.80 Å². The van der Waals surface area contributed by atoms with Gasteiger partial charge in [-0.2, -0.15) is 0 Å². The van der Waals surface area contributed by atoms with Crippen molar-refractivity contribution in [3.63, 3.8) is 0 Å². The van der Waals surface area contributed by atoms with Crippen LogP contribution >= 0.6 is 0 Å². The summed E-state index contributed by atoms with van der Waals surface area (Å²) in [4.78, 5) is 12.3. The fraction of sp³-hybridized carbons (Fsp3) is 0.923. The van der Waals surface area contributed by atoms with Gasteiger partial charge in [-0.05, 0) is 25.7 Å². The lowest BCUT2D eigenvalue weighted by atomic mass is 10.1. The van der Waals surface area contributed by atoms with Gasteiger partial charge in [0.2, 0.25) is 5.91 Å². The molecule has 2 aliphatic heterocycles. The van der Waals surface area contributed by atoms with Crippen molar-refractivity contribution in [1.82, 2.24) is 10.0 Å². The molecule has 2 atom stereocenters. The van der Waals surface area contributed by atoms with Crippen LogP contribution in [0.2, 0.25) is 0 Å². The van der Waals surface area contributed by atoms with E-state index < -0.39 is 0 Å². The minimum absolute atomic E-state index is 0.182. The van der Waals surface area contributed by atoms with Crippen molar-refractivity contribution in [2.24, 2.45) is 5.92 Å². The molecule has 0 spiro atoms. The number of carbonyl (C=O) groups excluding carboxylic acids is 1. The lowest BCUT2D eigenvalue weighted by Gasteiger charge is -2.36. The van der Waals surface area contributed by atoms with Crippen molar-refractivity contribution in [3.05, 3.63) is 0 Å². The number of nitrogens with zero attached hydrogens (tertiary/aromatic N) is 2. The summed E-state index contributed by atoms with van der Waals surface area (Å²) in [5.74, 6) is 0.492. The average Bonchev–Trinajstić information content (AvgIpc) is 2.70. The second-order valence-corrected chi connectivity index (χ2v) is 5.27. The predicted molar refractivity (Wildman–Crippen MR) is 66.3 cm³/mol. The predicted octanol–water partition coefficient (Wildman–Crippen LogP) is 1.66. The summed E-state index contributed by atoms with van der Waals surface area (Å²) in [7, 11) is 1.74. The molecule has 2 saturated heterocycles. The summed E-state index contributed by atoms with van der Waals surface area (Å²) in [5, 5.41) is 4.27. The first-order valence-corrected chi connectivity index (χ1v) is 6.81. The summed E-state index contributed by atoms with van der Waals surface area (Å²) in [6.45, 7) is 4.69. The van der Waals surface area contributed by atoms with Crippen molar-refractivity contribution in [3.8, 4) is 0 Å². The molecule has 2 rings (SSSR count). The van der Waals surface area contributed by atoms with Crippen LogP contribution < -0.4 is 0 Å². The lowest BCUT2D eigenvalue weighted by molar-refractivity contribution is -0.155. The number of carbonyl (C=O) groups is 1. The summed E-state index contributed by atoms with van der Waals surface area (Å²) < 4.78 is 5.26. The molecule has 0 saturated carbocycles. The van der Waals surface area contributed by atoms with Gasteiger partial charge in [-0.25, -0.2) is 5.01 Å². The highest BCUT2D eigenvalue weighted by atomic mass is 16.5. The third kappa shape index (κ3) is 2.80. The van der Waals surface area contributed by atoms with Crippen molar-refractivity contribution < 1.29 is 9.53 Å². The number of rotatable bonds is 3. The fourth-order valence-electron chi connectivity index (χ4n) is 2.96. The molecule has 2 fully saturated rings. The molecule has 17 heavy (non-hydrogen) atoms. The number of hydrogen-bond donors (Lipinski definition) is 0. The molecular weight excluding hydrogens is 216 g/mol. The lowest BCUT2D eigenvalue weighted by Crippen LogP contribution is -2.51.